The van der Waals surface area contributed by atoms with Crippen molar-refractivity contribution in [3.63, 3.8) is 0 Å². The Bertz CT molecular complexity index is 1130. The van der Waals surface area contributed by atoms with Crippen LogP contribution in [0.1, 0.15) is 18.4 Å². The van der Waals surface area contributed by atoms with Crippen LogP contribution in [0.25, 0.3) is 10.2 Å². The van der Waals surface area contributed by atoms with Gasteiger partial charge < -0.3 is 19.7 Å². The molecule has 0 saturated carbocycles. The van der Waals surface area contributed by atoms with Gasteiger partial charge in [0.1, 0.15) is 4.70 Å². The second-order valence-electron chi connectivity index (χ2n) is 7.43. The largest absolute Gasteiger partial charge is 0.493 e. The topological polar surface area (TPSA) is 80.8 Å². The van der Waals surface area contributed by atoms with Crippen LogP contribution in [0.2, 0.25) is 0 Å². The number of nitrogens with zero attached hydrogens (tertiary/aromatic N) is 2. The second-order valence-corrected chi connectivity index (χ2v) is 9.29. The lowest BCUT2D eigenvalue weighted by atomic mass is 9.97. The van der Waals surface area contributed by atoms with E-state index in [1.807, 2.05) is 29.6 Å². The van der Waals surface area contributed by atoms with Crippen molar-refractivity contribution in [3.8, 4) is 11.5 Å². The van der Waals surface area contributed by atoms with Crippen molar-refractivity contribution in [3.05, 3.63) is 44.7 Å². The van der Waals surface area contributed by atoms with Gasteiger partial charge in [0.15, 0.2) is 16.6 Å². The van der Waals surface area contributed by atoms with Gasteiger partial charge in [-0.3, -0.25) is 9.59 Å². The molecule has 1 atom stereocenters. The first-order valence-corrected chi connectivity index (χ1v) is 11.9. The molecule has 4 rings (SSSR count). The van der Waals surface area contributed by atoms with E-state index in [1.165, 1.54) is 22.7 Å². The van der Waals surface area contributed by atoms with Gasteiger partial charge in [0.05, 0.1) is 25.7 Å². The highest BCUT2D eigenvalue weighted by molar-refractivity contribution is 7.21. The lowest BCUT2D eigenvalue weighted by Gasteiger charge is -2.32. The van der Waals surface area contributed by atoms with Gasteiger partial charge in [-0.25, -0.2) is 4.98 Å². The van der Waals surface area contributed by atoms with E-state index in [4.69, 9.17) is 9.47 Å². The van der Waals surface area contributed by atoms with E-state index in [-0.39, 0.29) is 16.6 Å². The lowest BCUT2D eigenvalue weighted by Crippen LogP contribution is -2.43. The summed E-state index contributed by atoms with van der Waals surface area (Å²) in [7, 11) is 3.22. The molecular formula is C22H25N3O4S2. The normalized spacial score (nSPS) is 16.3. The van der Waals surface area contributed by atoms with Crippen LogP contribution in [0.15, 0.2) is 34.4 Å². The van der Waals surface area contributed by atoms with Crippen molar-refractivity contribution >= 4 is 43.9 Å². The van der Waals surface area contributed by atoms with Crippen LogP contribution < -0.4 is 24.4 Å². The predicted octanol–water partition coefficient (Wildman–Crippen LogP) is 3.31. The number of aromatic nitrogens is 1. The van der Waals surface area contributed by atoms with E-state index in [9.17, 15) is 9.59 Å². The molecule has 7 nitrogen and oxygen atoms in total. The summed E-state index contributed by atoms with van der Waals surface area (Å²) in [6.07, 6.45) is 2.45. The van der Waals surface area contributed by atoms with Crippen molar-refractivity contribution < 1.29 is 14.3 Å². The fourth-order valence-corrected chi connectivity index (χ4v) is 5.54. The molecule has 0 aliphatic carbocycles. The van der Waals surface area contributed by atoms with Crippen LogP contribution in [0.3, 0.4) is 0 Å². The lowest BCUT2D eigenvalue weighted by molar-refractivity contribution is -0.125. The molecule has 2 aromatic heterocycles. The fraction of sp³-hybridized carbons (Fsp3) is 0.409. The van der Waals surface area contributed by atoms with Crippen molar-refractivity contribution in [1.82, 2.24) is 10.3 Å². The van der Waals surface area contributed by atoms with Crippen molar-refractivity contribution in [1.29, 1.82) is 0 Å². The molecule has 1 aliphatic heterocycles. The first-order chi connectivity index (χ1) is 15.1. The Morgan fingerprint density at radius 2 is 2.10 bits per heavy atom. The minimum absolute atomic E-state index is 0.0384. The van der Waals surface area contributed by atoms with Crippen LogP contribution in [0, 0.1) is 5.92 Å². The van der Waals surface area contributed by atoms with Gasteiger partial charge >= 0.3 is 0 Å². The molecule has 31 heavy (non-hydrogen) atoms. The Morgan fingerprint density at radius 1 is 1.26 bits per heavy atom. The average Bonchev–Trinajstić information content (AvgIpc) is 3.28. The molecule has 164 valence electrons. The Hall–Kier alpha value is -2.65. The number of piperidine rings is 1. The molecule has 1 aliphatic rings. The smallest absolute Gasteiger partial charge is 0.255 e. The molecule has 3 heterocycles. The van der Waals surface area contributed by atoms with Crippen LogP contribution >= 0.6 is 22.7 Å². The number of nitrogens with one attached hydrogen (secondary N) is 1. The minimum Gasteiger partial charge on any atom is -0.493 e. The zero-order valence-corrected chi connectivity index (χ0v) is 19.2. The van der Waals surface area contributed by atoms with Crippen molar-refractivity contribution in [2.24, 2.45) is 5.92 Å². The molecular weight excluding hydrogens is 434 g/mol. The van der Waals surface area contributed by atoms with Gasteiger partial charge in [0.2, 0.25) is 5.91 Å². The van der Waals surface area contributed by atoms with Crippen LogP contribution in [-0.2, 0) is 11.2 Å². The van der Waals surface area contributed by atoms with Gasteiger partial charge in [0, 0.05) is 19.6 Å². The fourth-order valence-electron chi connectivity index (χ4n) is 3.81. The molecule has 9 heteroatoms. The highest BCUT2D eigenvalue weighted by Gasteiger charge is 2.27. The molecule has 1 aromatic carbocycles. The number of anilines is 1. The highest BCUT2D eigenvalue weighted by Crippen LogP contribution is 2.28. The number of benzene rings is 1. The maximum Gasteiger partial charge on any atom is 0.255 e. The first-order valence-electron chi connectivity index (χ1n) is 10.2. The molecule has 1 fully saturated rings. The SMILES string of the molecule is COc1ccc(CCNC(=O)[C@H]2CCCN(c3nc4ccsc4c(=O)s3)C2)cc1OC. The van der Waals surface area contributed by atoms with Gasteiger partial charge in [0.25, 0.3) is 4.74 Å². The second kappa shape index (κ2) is 9.65. The van der Waals surface area contributed by atoms with Crippen LogP contribution in [0.4, 0.5) is 5.13 Å². The summed E-state index contributed by atoms with van der Waals surface area (Å²) >= 11 is 2.59. The maximum atomic E-state index is 12.8. The summed E-state index contributed by atoms with van der Waals surface area (Å²) in [6.45, 7) is 1.95. The summed E-state index contributed by atoms with van der Waals surface area (Å²) in [5, 5.41) is 5.66. The minimum atomic E-state index is -0.110. The number of ether oxygens (including phenoxy) is 2. The quantitative estimate of drug-likeness (QED) is 0.584. The summed E-state index contributed by atoms with van der Waals surface area (Å²) in [5.41, 5.74) is 1.81. The van der Waals surface area contributed by atoms with Crippen molar-refractivity contribution in [2.45, 2.75) is 19.3 Å². The third-order valence-corrected chi connectivity index (χ3v) is 7.41. The Morgan fingerprint density at radius 3 is 2.90 bits per heavy atom. The number of carbonyl (C=O) groups excluding carboxylic acids is 1. The van der Waals surface area contributed by atoms with Gasteiger partial charge in [-0.15, -0.1) is 11.3 Å². The number of amides is 1. The number of hydrogen-bond donors (Lipinski definition) is 1. The molecule has 3 aromatic rings. The number of thiophene rings is 1. The first kappa shape index (κ1) is 21.6. The van der Waals surface area contributed by atoms with Gasteiger partial charge in [-0.05, 0) is 48.4 Å². The Labute approximate surface area is 188 Å². The molecule has 0 bridgehead atoms. The number of methoxy groups -OCH3 is 2. The summed E-state index contributed by atoms with van der Waals surface area (Å²) in [4.78, 5) is 31.8. The number of rotatable bonds is 7. The third kappa shape index (κ3) is 4.83. The highest BCUT2D eigenvalue weighted by atomic mass is 32.1. The van der Waals surface area contributed by atoms with Crippen LogP contribution in [-0.4, -0.2) is 44.7 Å². The number of fused-ring (bicyclic) bond motifs is 1. The Kier molecular flexibility index (Phi) is 6.72. The van der Waals surface area contributed by atoms with E-state index in [2.05, 4.69) is 15.2 Å². The van der Waals surface area contributed by atoms with Crippen LogP contribution in [0.5, 0.6) is 11.5 Å². The van der Waals surface area contributed by atoms with E-state index in [0.29, 0.717) is 40.8 Å². The average molecular weight is 460 g/mol. The molecule has 0 radical (unpaired) electrons. The predicted molar refractivity (Wildman–Crippen MR) is 125 cm³/mol. The Balaban J connectivity index is 1.35. The zero-order valence-electron chi connectivity index (χ0n) is 17.6. The monoisotopic (exact) mass is 459 g/mol. The molecule has 1 saturated heterocycles. The summed E-state index contributed by atoms with van der Waals surface area (Å²) in [5.74, 6) is 1.31. The van der Waals surface area contributed by atoms with Gasteiger partial charge in [-0.2, -0.15) is 0 Å². The third-order valence-electron chi connectivity index (χ3n) is 5.45. The van der Waals surface area contributed by atoms with Gasteiger partial charge in [-0.1, -0.05) is 17.4 Å². The van der Waals surface area contributed by atoms with E-state index in [0.717, 1.165) is 30.5 Å². The number of hydrogen-bond acceptors (Lipinski definition) is 8. The molecule has 0 unspecified atom stereocenters. The summed E-state index contributed by atoms with van der Waals surface area (Å²) in [6, 6.07) is 7.66. The van der Waals surface area contributed by atoms with E-state index >= 15 is 0 Å². The molecule has 1 amide bonds. The number of carbonyl (C=O) groups is 1. The standard InChI is InChI=1S/C22H25N3O4S2/c1-28-17-6-5-14(12-18(17)29-2)7-9-23-20(26)15-4-3-10-25(13-15)22-24-16-8-11-30-19(16)21(27)31-22/h5-6,8,11-12,15H,3-4,7,9-10,13H2,1-2H3,(H,23,26)/t15-/m0/s1. The van der Waals surface area contributed by atoms with E-state index < -0.39 is 0 Å². The summed E-state index contributed by atoms with van der Waals surface area (Å²) < 4.78 is 11.3. The zero-order chi connectivity index (χ0) is 21.8. The molecule has 0 spiro atoms. The maximum absolute atomic E-state index is 12.8. The van der Waals surface area contributed by atoms with Crippen molar-refractivity contribution in [2.75, 3.05) is 38.8 Å². The molecule has 1 N–H and O–H groups in total. The van der Waals surface area contributed by atoms with E-state index in [1.54, 1.807) is 14.2 Å².